The van der Waals surface area contributed by atoms with Crippen LogP contribution in [-0.2, 0) is 14.4 Å². The van der Waals surface area contributed by atoms with Gasteiger partial charge in [-0.2, -0.15) is 0 Å². The largest absolute Gasteiger partial charge is 0.396 e. The Kier molecular flexibility index (Phi) is 7.83. The molecule has 2 aliphatic rings. The Morgan fingerprint density at radius 3 is 2.52 bits per heavy atom. The lowest BCUT2D eigenvalue weighted by atomic mass is 9.69. The molecule has 0 aromatic heterocycles. The highest BCUT2D eigenvalue weighted by atomic mass is 16.3. The lowest BCUT2D eigenvalue weighted by molar-refractivity contribution is -0.140. The van der Waals surface area contributed by atoms with Crippen LogP contribution in [0.2, 0.25) is 0 Å². The number of carbonyl (C=O) groups excluding carboxylic acids is 3. The minimum absolute atomic E-state index is 0.0169. The average Bonchev–Trinajstić information content (AvgIpc) is 2.96. The molecule has 7 heteroatoms. The van der Waals surface area contributed by atoms with E-state index >= 15 is 0 Å². The van der Waals surface area contributed by atoms with Gasteiger partial charge in [0.2, 0.25) is 17.7 Å². The van der Waals surface area contributed by atoms with E-state index in [1.54, 1.807) is 11.9 Å². The van der Waals surface area contributed by atoms with E-state index in [1.807, 2.05) is 19.1 Å². The Morgan fingerprint density at radius 2 is 1.93 bits per heavy atom. The van der Waals surface area contributed by atoms with Crippen molar-refractivity contribution >= 4 is 17.7 Å². The highest BCUT2D eigenvalue weighted by Gasteiger charge is 2.56. The second kappa shape index (κ2) is 9.88. The van der Waals surface area contributed by atoms with Crippen molar-refractivity contribution in [1.82, 2.24) is 15.5 Å². The number of nitrogens with zero attached hydrogens (tertiary/aromatic N) is 1. The predicted octanol–water partition coefficient (Wildman–Crippen LogP) is 0.687. The molecule has 5 atom stereocenters. The Hall–Kier alpha value is -1.89. The van der Waals surface area contributed by atoms with E-state index in [1.165, 1.54) is 0 Å². The van der Waals surface area contributed by atoms with Crippen molar-refractivity contribution in [1.29, 1.82) is 0 Å². The number of unbranched alkanes of at least 4 members (excludes halogenated alkanes) is 1. The van der Waals surface area contributed by atoms with Crippen molar-refractivity contribution in [2.75, 3.05) is 26.7 Å². The minimum atomic E-state index is -0.618. The van der Waals surface area contributed by atoms with Crippen molar-refractivity contribution in [2.24, 2.45) is 23.7 Å². The zero-order valence-corrected chi connectivity index (χ0v) is 16.6. The Balaban J connectivity index is 2.35. The molecule has 0 bridgehead atoms. The minimum Gasteiger partial charge on any atom is -0.396 e. The molecule has 27 heavy (non-hydrogen) atoms. The van der Waals surface area contributed by atoms with Crippen molar-refractivity contribution in [3.8, 4) is 0 Å². The fourth-order valence-corrected chi connectivity index (χ4v) is 4.39. The number of amides is 3. The normalized spacial score (nSPS) is 29.6. The molecular weight excluding hydrogens is 346 g/mol. The molecule has 0 aromatic carbocycles. The molecule has 0 radical (unpaired) electrons. The van der Waals surface area contributed by atoms with Gasteiger partial charge in [-0.05, 0) is 25.2 Å². The number of allylic oxidation sites excluding steroid dienone is 1. The molecule has 0 aromatic rings. The lowest BCUT2D eigenvalue weighted by Gasteiger charge is -2.33. The fraction of sp³-hybridized carbons (Fsp3) is 0.750. The highest BCUT2D eigenvalue weighted by molar-refractivity contribution is 5.96. The van der Waals surface area contributed by atoms with Crippen LogP contribution >= 0.6 is 0 Å². The summed E-state index contributed by atoms with van der Waals surface area (Å²) in [5.41, 5.74) is 0. The molecular formula is C20H33N3O4. The van der Waals surface area contributed by atoms with E-state index in [-0.39, 0.29) is 36.2 Å². The molecule has 3 amide bonds. The molecule has 1 aliphatic carbocycles. The third-order valence-electron chi connectivity index (χ3n) is 5.79. The van der Waals surface area contributed by atoms with Gasteiger partial charge in [-0.15, -0.1) is 0 Å². The molecule has 1 saturated heterocycles. The Morgan fingerprint density at radius 1 is 1.19 bits per heavy atom. The molecule has 0 saturated carbocycles. The highest BCUT2D eigenvalue weighted by Crippen LogP contribution is 2.44. The molecule has 1 aliphatic heterocycles. The fourth-order valence-electron chi connectivity index (χ4n) is 4.39. The summed E-state index contributed by atoms with van der Waals surface area (Å²) in [5.74, 6) is -1.80. The number of likely N-dealkylation sites (tertiary alicyclic amines) is 1. The summed E-state index contributed by atoms with van der Waals surface area (Å²) in [4.78, 5) is 40.3. The number of fused-ring (bicyclic) bond motifs is 1. The first-order valence-electron chi connectivity index (χ1n) is 10.1. The average molecular weight is 380 g/mol. The lowest BCUT2D eigenvalue weighted by Crippen LogP contribution is -2.48. The van der Waals surface area contributed by atoms with E-state index in [2.05, 4.69) is 17.6 Å². The van der Waals surface area contributed by atoms with Crippen LogP contribution in [0.4, 0.5) is 0 Å². The third kappa shape index (κ3) is 4.34. The Labute approximate surface area is 161 Å². The third-order valence-corrected chi connectivity index (χ3v) is 5.79. The van der Waals surface area contributed by atoms with Crippen molar-refractivity contribution in [3.63, 3.8) is 0 Å². The molecule has 0 spiro atoms. The van der Waals surface area contributed by atoms with Gasteiger partial charge in [-0.1, -0.05) is 32.4 Å². The number of carbonyl (C=O) groups is 3. The first-order valence-corrected chi connectivity index (χ1v) is 10.1. The zero-order valence-electron chi connectivity index (χ0n) is 16.6. The van der Waals surface area contributed by atoms with Crippen LogP contribution in [0.3, 0.4) is 0 Å². The van der Waals surface area contributed by atoms with E-state index in [0.29, 0.717) is 19.5 Å². The Bertz CT molecular complexity index is 578. The van der Waals surface area contributed by atoms with E-state index in [0.717, 1.165) is 19.3 Å². The predicted molar refractivity (Wildman–Crippen MR) is 103 cm³/mol. The van der Waals surface area contributed by atoms with Crippen molar-refractivity contribution in [3.05, 3.63) is 12.2 Å². The molecule has 7 nitrogen and oxygen atoms in total. The van der Waals surface area contributed by atoms with Crippen LogP contribution in [0, 0.1) is 23.7 Å². The van der Waals surface area contributed by atoms with Gasteiger partial charge >= 0.3 is 0 Å². The van der Waals surface area contributed by atoms with Crippen LogP contribution in [0.5, 0.6) is 0 Å². The van der Waals surface area contributed by atoms with Crippen LogP contribution in [-0.4, -0.2) is 60.5 Å². The summed E-state index contributed by atoms with van der Waals surface area (Å²) < 4.78 is 0. The summed E-state index contributed by atoms with van der Waals surface area (Å²) in [6.07, 6.45) is 6.98. The quantitative estimate of drug-likeness (QED) is 0.405. The van der Waals surface area contributed by atoms with E-state index in [9.17, 15) is 19.5 Å². The van der Waals surface area contributed by atoms with Crippen LogP contribution in [0.25, 0.3) is 0 Å². The number of nitrogens with one attached hydrogen (secondary N) is 2. The number of aliphatic hydroxyl groups is 1. The summed E-state index contributed by atoms with van der Waals surface area (Å²) >= 11 is 0. The maximum absolute atomic E-state index is 13.2. The van der Waals surface area contributed by atoms with Gasteiger partial charge in [-0.25, -0.2) is 0 Å². The summed E-state index contributed by atoms with van der Waals surface area (Å²) in [5, 5.41) is 14.8. The van der Waals surface area contributed by atoms with Gasteiger partial charge in [0.25, 0.3) is 0 Å². The second-order valence-electron chi connectivity index (χ2n) is 7.40. The van der Waals surface area contributed by atoms with Gasteiger partial charge in [0.05, 0.1) is 11.8 Å². The topological polar surface area (TPSA) is 98.7 Å². The molecule has 1 fully saturated rings. The van der Waals surface area contributed by atoms with Crippen LogP contribution in [0.15, 0.2) is 12.2 Å². The summed E-state index contributed by atoms with van der Waals surface area (Å²) in [6, 6.07) is -0.618. The van der Waals surface area contributed by atoms with Gasteiger partial charge in [0.15, 0.2) is 0 Å². The van der Waals surface area contributed by atoms with Gasteiger partial charge in [0, 0.05) is 32.7 Å². The van der Waals surface area contributed by atoms with Crippen molar-refractivity contribution in [2.45, 2.75) is 45.6 Å². The maximum Gasteiger partial charge on any atom is 0.243 e. The molecule has 2 rings (SSSR count). The standard InChI is InChI=1S/C20H33N3O4/c1-4-6-10-22-19(26)17-14-9-8-13(5-2)15(18(25)21-3)16(14)20(27)23(17)11-7-12-24/h8-9,13-17,24H,4-7,10-12H2,1-3H3,(H,21,25)(H,22,26)/t13-,14+,15-,16-,17+/m1/s1. The van der Waals surface area contributed by atoms with Crippen LogP contribution < -0.4 is 10.6 Å². The van der Waals surface area contributed by atoms with E-state index in [4.69, 9.17) is 0 Å². The van der Waals surface area contributed by atoms with Crippen molar-refractivity contribution < 1.29 is 19.5 Å². The summed E-state index contributed by atoms with van der Waals surface area (Å²) in [7, 11) is 1.58. The number of hydrogen-bond donors (Lipinski definition) is 3. The first kappa shape index (κ1) is 21.4. The smallest absolute Gasteiger partial charge is 0.243 e. The van der Waals surface area contributed by atoms with Crippen LogP contribution in [0.1, 0.15) is 39.5 Å². The monoisotopic (exact) mass is 379 g/mol. The van der Waals surface area contributed by atoms with Gasteiger partial charge < -0.3 is 20.6 Å². The molecule has 3 N–H and O–H groups in total. The second-order valence-corrected chi connectivity index (χ2v) is 7.40. The SMILES string of the molecule is CCCCNC(=O)[C@@H]1[C@H]2C=C[C@@H](CC)[C@@H](C(=O)NC)[C@@H]2C(=O)N1CCCO. The van der Waals surface area contributed by atoms with Gasteiger partial charge in [-0.3, -0.25) is 14.4 Å². The maximum atomic E-state index is 13.2. The van der Waals surface area contributed by atoms with E-state index < -0.39 is 17.9 Å². The number of aliphatic hydroxyl groups excluding tert-OH is 1. The molecule has 152 valence electrons. The molecule has 0 unspecified atom stereocenters. The zero-order chi connectivity index (χ0) is 20.0. The first-order chi connectivity index (χ1) is 13.0. The summed E-state index contributed by atoms with van der Waals surface area (Å²) in [6.45, 7) is 4.90. The molecule has 1 heterocycles. The number of rotatable bonds is 9. The number of hydrogen-bond acceptors (Lipinski definition) is 4. The van der Waals surface area contributed by atoms with Gasteiger partial charge in [0.1, 0.15) is 6.04 Å².